The number of aromatic nitrogens is 1. The van der Waals surface area contributed by atoms with Crippen molar-refractivity contribution >= 4 is 48.6 Å². The molecule has 4 rings (SSSR count). The van der Waals surface area contributed by atoms with Crippen LogP contribution in [0.5, 0.6) is 0 Å². The van der Waals surface area contributed by atoms with Gasteiger partial charge in [-0.1, -0.05) is 48.0 Å². The van der Waals surface area contributed by atoms with E-state index < -0.39 is 10.0 Å². The third-order valence-electron chi connectivity index (χ3n) is 6.74. The molecule has 0 unspecified atom stereocenters. The second kappa shape index (κ2) is 12.5. The standard InChI is InChI=1S/C28H36BrN5O3S/c1-20(2)19-34(38(36,37)24-10-8-22(29)9-11-24)23-12-15-33(16-13-23)17-14-30-28(35)32-27-18-21(3)31-26-7-5-4-6-25(26)27/h4-11,18,20,23H,12-17,19H2,1-3H3,(H2,30,31,32,35). The van der Waals surface area contributed by atoms with Crippen molar-refractivity contribution in [3.05, 3.63) is 64.8 Å². The Hall–Kier alpha value is -2.53. The molecule has 0 saturated carbocycles. The number of nitrogens with one attached hydrogen (secondary N) is 2. The highest BCUT2D eigenvalue weighted by molar-refractivity contribution is 9.10. The number of anilines is 1. The lowest BCUT2D eigenvalue weighted by molar-refractivity contribution is 0.153. The Balaban J connectivity index is 1.30. The number of aryl methyl sites for hydroxylation is 1. The number of halogens is 1. The third-order valence-corrected chi connectivity index (χ3v) is 9.20. The fraction of sp³-hybridized carbons (Fsp3) is 0.429. The van der Waals surface area contributed by atoms with Gasteiger partial charge in [0, 0.05) is 41.2 Å². The minimum absolute atomic E-state index is 0.0400. The first-order valence-corrected chi connectivity index (χ1v) is 15.3. The van der Waals surface area contributed by atoms with Crippen LogP contribution in [0.4, 0.5) is 10.5 Å². The highest BCUT2D eigenvalue weighted by Gasteiger charge is 2.34. The van der Waals surface area contributed by atoms with E-state index in [0.29, 0.717) is 24.5 Å². The lowest BCUT2D eigenvalue weighted by Gasteiger charge is -2.38. The molecule has 2 N–H and O–H groups in total. The van der Waals surface area contributed by atoms with Crippen LogP contribution in [0.2, 0.25) is 0 Å². The van der Waals surface area contributed by atoms with Gasteiger partial charge >= 0.3 is 6.03 Å². The highest BCUT2D eigenvalue weighted by Crippen LogP contribution is 2.27. The van der Waals surface area contributed by atoms with Crippen LogP contribution in [0.25, 0.3) is 10.9 Å². The van der Waals surface area contributed by atoms with Gasteiger partial charge in [-0.05, 0) is 75.2 Å². The van der Waals surface area contributed by atoms with Crippen LogP contribution in [0, 0.1) is 12.8 Å². The van der Waals surface area contributed by atoms with Gasteiger partial charge in [0.1, 0.15) is 0 Å². The minimum atomic E-state index is -3.58. The topological polar surface area (TPSA) is 94.6 Å². The normalized spacial score (nSPS) is 15.3. The van der Waals surface area contributed by atoms with E-state index in [1.165, 1.54) is 0 Å². The van der Waals surface area contributed by atoms with E-state index in [-0.39, 0.29) is 18.0 Å². The predicted octanol–water partition coefficient (Wildman–Crippen LogP) is 5.24. The number of fused-ring (bicyclic) bond motifs is 1. The summed E-state index contributed by atoms with van der Waals surface area (Å²) in [6.45, 7) is 9.28. The van der Waals surface area contributed by atoms with Crippen LogP contribution in [-0.4, -0.2) is 67.4 Å². The number of sulfonamides is 1. The van der Waals surface area contributed by atoms with E-state index >= 15 is 0 Å². The Bertz CT molecular complexity index is 1360. The third kappa shape index (κ3) is 7.11. The van der Waals surface area contributed by atoms with Crippen LogP contribution in [0.3, 0.4) is 0 Å². The molecule has 3 aromatic rings. The number of amides is 2. The number of carbonyl (C=O) groups excluding carboxylic acids is 1. The predicted molar refractivity (Wildman–Crippen MR) is 156 cm³/mol. The van der Waals surface area contributed by atoms with E-state index in [4.69, 9.17) is 0 Å². The molecule has 2 aromatic carbocycles. The molecule has 1 aliphatic heterocycles. The molecule has 10 heteroatoms. The number of benzene rings is 2. The van der Waals surface area contributed by atoms with Gasteiger partial charge in [-0.15, -0.1) is 0 Å². The molecule has 2 amide bonds. The van der Waals surface area contributed by atoms with Gasteiger partial charge < -0.3 is 15.5 Å². The summed E-state index contributed by atoms with van der Waals surface area (Å²) >= 11 is 3.38. The molecular formula is C28H36BrN5O3S. The van der Waals surface area contributed by atoms with Crippen molar-refractivity contribution in [1.82, 2.24) is 19.5 Å². The zero-order valence-electron chi connectivity index (χ0n) is 22.2. The van der Waals surface area contributed by atoms with Crippen molar-refractivity contribution in [2.45, 2.75) is 44.6 Å². The molecule has 1 aliphatic rings. The van der Waals surface area contributed by atoms with Crippen LogP contribution in [-0.2, 0) is 10.0 Å². The molecule has 0 atom stereocenters. The summed E-state index contributed by atoms with van der Waals surface area (Å²) in [4.78, 5) is 19.7. The Morgan fingerprint density at radius 1 is 1.13 bits per heavy atom. The fourth-order valence-electron chi connectivity index (χ4n) is 4.88. The SMILES string of the molecule is Cc1cc(NC(=O)NCCN2CCC(N(CC(C)C)S(=O)(=O)c3ccc(Br)cc3)CC2)c2ccccc2n1. The lowest BCUT2D eigenvalue weighted by Crippen LogP contribution is -2.49. The summed E-state index contributed by atoms with van der Waals surface area (Å²) in [6.07, 6.45) is 1.52. The zero-order valence-corrected chi connectivity index (χ0v) is 24.6. The monoisotopic (exact) mass is 601 g/mol. The van der Waals surface area contributed by atoms with Gasteiger partial charge in [0.25, 0.3) is 0 Å². The average molecular weight is 603 g/mol. The quantitative estimate of drug-likeness (QED) is 0.350. The smallest absolute Gasteiger partial charge is 0.319 e. The second-order valence-corrected chi connectivity index (χ2v) is 13.0. The summed E-state index contributed by atoms with van der Waals surface area (Å²) < 4.78 is 29.5. The molecule has 0 bridgehead atoms. The maximum atomic E-state index is 13.5. The number of rotatable bonds is 9. The van der Waals surface area contributed by atoms with Gasteiger partial charge in [0.05, 0.1) is 16.1 Å². The number of hydrogen-bond acceptors (Lipinski definition) is 5. The van der Waals surface area contributed by atoms with Crippen LogP contribution in [0.1, 0.15) is 32.4 Å². The van der Waals surface area contributed by atoms with Crippen molar-refractivity contribution in [3.8, 4) is 0 Å². The summed E-state index contributed by atoms with van der Waals surface area (Å²) in [5, 5.41) is 6.81. The van der Waals surface area contributed by atoms with E-state index in [9.17, 15) is 13.2 Å². The minimum Gasteiger partial charge on any atom is -0.337 e. The molecule has 0 radical (unpaired) electrons. The second-order valence-electron chi connectivity index (χ2n) is 10.2. The molecule has 8 nitrogen and oxygen atoms in total. The van der Waals surface area contributed by atoms with E-state index in [0.717, 1.165) is 52.7 Å². The Morgan fingerprint density at radius 2 is 1.82 bits per heavy atom. The van der Waals surface area contributed by atoms with Gasteiger partial charge in [-0.2, -0.15) is 4.31 Å². The van der Waals surface area contributed by atoms with E-state index in [1.54, 1.807) is 28.6 Å². The maximum Gasteiger partial charge on any atom is 0.319 e. The molecule has 0 aliphatic carbocycles. The summed E-state index contributed by atoms with van der Waals surface area (Å²) in [5.41, 5.74) is 2.43. The van der Waals surface area contributed by atoms with Gasteiger partial charge in [0.2, 0.25) is 10.0 Å². The number of urea groups is 1. The van der Waals surface area contributed by atoms with E-state index in [2.05, 4.69) is 36.4 Å². The first-order chi connectivity index (χ1) is 18.1. The Labute approximate surface area is 234 Å². The number of carbonyl (C=O) groups is 1. The van der Waals surface area contributed by atoms with Crippen molar-refractivity contribution < 1.29 is 13.2 Å². The molecule has 204 valence electrons. The molecular weight excluding hydrogens is 566 g/mol. The zero-order chi connectivity index (χ0) is 27.3. The lowest BCUT2D eigenvalue weighted by atomic mass is 10.0. The molecule has 0 spiro atoms. The molecule has 1 saturated heterocycles. The highest BCUT2D eigenvalue weighted by atomic mass is 79.9. The fourth-order valence-corrected chi connectivity index (χ4v) is 6.99. The molecule has 2 heterocycles. The Morgan fingerprint density at radius 3 is 2.50 bits per heavy atom. The Kier molecular flexibility index (Phi) is 9.40. The van der Waals surface area contributed by atoms with Crippen molar-refractivity contribution in [3.63, 3.8) is 0 Å². The van der Waals surface area contributed by atoms with Crippen molar-refractivity contribution in [1.29, 1.82) is 0 Å². The maximum absolute atomic E-state index is 13.5. The van der Waals surface area contributed by atoms with Gasteiger partial charge in [-0.3, -0.25) is 4.98 Å². The molecule has 38 heavy (non-hydrogen) atoms. The van der Waals surface area contributed by atoms with Crippen LogP contribution < -0.4 is 10.6 Å². The van der Waals surface area contributed by atoms with Gasteiger partial charge in [-0.25, -0.2) is 13.2 Å². The summed E-state index contributed by atoms with van der Waals surface area (Å²) in [5.74, 6) is 0.224. The number of para-hydroxylation sites is 1. The van der Waals surface area contributed by atoms with Crippen molar-refractivity contribution in [2.75, 3.05) is 38.0 Å². The number of hydrogen-bond donors (Lipinski definition) is 2. The molecule has 1 aromatic heterocycles. The van der Waals surface area contributed by atoms with Gasteiger partial charge in [0.15, 0.2) is 0 Å². The average Bonchev–Trinajstić information content (AvgIpc) is 2.88. The number of nitrogens with zero attached hydrogens (tertiary/aromatic N) is 3. The molecule has 1 fully saturated rings. The first-order valence-electron chi connectivity index (χ1n) is 13.0. The van der Waals surface area contributed by atoms with Crippen LogP contribution in [0.15, 0.2) is 64.0 Å². The summed E-state index contributed by atoms with van der Waals surface area (Å²) in [7, 11) is -3.58. The van der Waals surface area contributed by atoms with E-state index in [1.807, 2.05) is 51.1 Å². The first kappa shape index (κ1) is 28.5. The number of piperidine rings is 1. The number of likely N-dealkylation sites (tertiary alicyclic amines) is 1. The summed E-state index contributed by atoms with van der Waals surface area (Å²) in [6, 6.07) is 16.2. The van der Waals surface area contributed by atoms with Crippen molar-refractivity contribution in [2.24, 2.45) is 5.92 Å². The number of pyridine rings is 1. The largest absolute Gasteiger partial charge is 0.337 e. The van der Waals surface area contributed by atoms with Crippen LogP contribution >= 0.6 is 15.9 Å².